The molecule has 138 valence electrons. The molecular weight excluding hydrogens is 334 g/mol. The topological polar surface area (TPSA) is 77.7 Å². The standard InChI is InChI=1S/C19H23N3O4/c1-12-10-22(11-17(24-12)18-20-13(2)21-26-18)19(23)14-6-8-16(9-7-14)25-15-4-3-5-15/h6-9,12,15,17H,3-5,10-11H2,1-2H3/t12-,17-/m1/s1. The lowest BCUT2D eigenvalue weighted by atomic mass is 9.96. The molecule has 1 aliphatic heterocycles. The molecule has 0 bridgehead atoms. The Labute approximate surface area is 152 Å². The fourth-order valence-electron chi connectivity index (χ4n) is 3.24. The van der Waals surface area contributed by atoms with Gasteiger partial charge in [-0.3, -0.25) is 4.79 Å². The summed E-state index contributed by atoms with van der Waals surface area (Å²) in [7, 11) is 0. The van der Waals surface area contributed by atoms with Crippen LogP contribution >= 0.6 is 0 Å². The quantitative estimate of drug-likeness (QED) is 0.837. The van der Waals surface area contributed by atoms with Gasteiger partial charge in [-0.15, -0.1) is 0 Å². The molecule has 1 saturated carbocycles. The Balaban J connectivity index is 1.44. The van der Waals surface area contributed by atoms with E-state index >= 15 is 0 Å². The third-order valence-corrected chi connectivity index (χ3v) is 4.82. The number of hydrogen-bond acceptors (Lipinski definition) is 6. The van der Waals surface area contributed by atoms with Crippen molar-refractivity contribution in [2.45, 2.75) is 51.4 Å². The Morgan fingerprint density at radius 2 is 2.00 bits per heavy atom. The van der Waals surface area contributed by atoms with Gasteiger partial charge in [0.15, 0.2) is 11.9 Å². The smallest absolute Gasteiger partial charge is 0.257 e. The highest BCUT2D eigenvalue weighted by atomic mass is 16.5. The van der Waals surface area contributed by atoms with E-state index in [2.05, 4.69) is 10.1 Å². The summed E-state index contributed by atoms with van der Waals surface area (Å²) in [5.41, 5.74) is 0.639. The molecule has 4 rings (SSSR count). The first-order valence-electron chi connectivity index (χ1n) is 9.10. The maximum Gasteiger partial charge on any atom is 0.257 e. The van der Waals surface area contributed by atoms with E-state index in [-0.39, 0.29) is 12.0 Å². The summed E-state index contributed by atoms with van der Waals surface area (Å²) in [6, 6.07) is 7.38. The number of carbonyl (C=O) groups excluding carboxylic acids is 1. The average Bonchev–Trinajstić information content (AvgIpc) is 3.04. The first-order chi connectivity index (χ1) is 12.6. The van der Waals surface area contributed by atoms with Crippen molar-refractivity contribution in [1.29, 1.82) is 0 Å². The van der Waals surface area contributed by atoms with E-state index < -0.39 is 6.10 Å². The number of amides is 1. The minimum absolute atomic E-state index is 0.0309. The second-order valence-corrected chi connectivity index (χ2v) is 7.02. The SMILES string of the molecule is Cc1noc([C@H]2CN(C(=O)c3ccc(OC4CCC4)cc3)C[C@@H](C)O2)n1. The first-order valence-corrected chi connectivity index (χ1v) is 9.10. The van der Waals surface area contributed by atoms with Gasteiger partial charge in [0.2, 0.25) is 0 Å². The van der Waals surface area contributed by atoms with Crippen LogP contribution in [0.1, 0.15) is 54.4 Å². The number of benzene rings is 1. The van der Waals surface area contributed by atoms with E-state index in [1.54, 1.807) is 11.8 Å². The predicted octanol–water partition coefficient (Wildman–Crippen LogP) is 2.91. The zero-order chi connectivity index (χ0) is 18.1. The van der Waals surface area contributed by atoms with E-state index in [1.165, 1.54) is 6.42 Å². The molecule has 1 aliphatic carbocycles. The van der Waals surface area contributed by atoms with E-state index in [4.69, 9.17) is 14.0 Å². The molecule has 2 atom stereocenters. The number of aryl methyl sites for hydroxylation is 1. The maximum absolute atomic E-state index is 12.9. The molecule has 2 aliphatic rings. The van der Waals surface area contributed by atoms with Crippen molar-refractivity contribution >= 4 is 5.91 Å². The van der Waals surface area contributed by atoms with Crippen LogP contribution in [-0.4, -0.2) is 46.2 Å². The van der Waals surface area contributed by atoms with Crippen molar-refractivity contribution in [2.24, 2.45) is 0 Å². The van der Waals surface area contributed by atoms with Crippen LogP contribution in [0, 0.1) is 6.92 Å². The number of aromatic nitrogens is 2. The zero-order valence-corrected chi connectivity index (χ0v) is 15.1. The molecule has 2 fully saturated rings. The minimum Gasteiger partial charge on any atom is -0.490 e. The van der Waals surface area contributed by atoms with Gasteiger partial charge in [0.05, 0.1) is 18.8 Å². The van der Waals surface area contributed by atoms with Crippen LogP contribution in [0.15, 0.2) is 28.8 Å². The molecular formula is C19H23N3O4. The predicted molar refractivity (Wildman–Crippen MR) is 92.9 cm³/mol. The molecule has 0 radical (unpaired) electrons. The van der Waals surface area contributed by atoms with E-state index in [1.807, 2.05) is 31.2 Å². The Morgan fingerprint density at radius 3 is 2.62 bits per heavy atom. The Morgan fingerprint density at radius 1 is 1.23 bits per heavy atom. The Bertz CT molecular complexity index is 769. The van der Waals surface area contributed by atoms with Gasteiger partial charge in [0.25, 0.3) is 11.8 Å². The average molecular weight is 357 g/mol. The van der Waals surface area contributed by atoms with Gasteiger partial charge in [-0.1, -0.05) is 5.16 Å². The lowest BCUT2D eigenvalue weighted by molar-refractivity contribution is -0.0810. The van der Waals surface area contributed by atoms with Crippen molar-refractivity contribution in [3.8, 4) is 5.75 Å². The monoisotopic (exact) mass is 357 g/mol. The first kappa shape index (κ1) is 17.0. The number of hydrogen-bond donors (Lipinski definition) is 0. The van der Waals surface area contributed by atoms with Crippen LogP contribution in [0.2, 0.25) is 0 Å². The molecule has 2 aromatic rings. The van der Waals surface area contributed by atoms with Crippen LogP contribution in [0.3, 0.4) is 0 Å². The van der Waals surface area contributed by atoms with Gasteiger partial charge < -0.3 is 18.9 Å². The summed E-state index contributed by atoms with van der Waals surface area (Å²) < 4.78 is 16.9. The fourth-order valence-corrected chi connectivity index (χ4v) is 3.24. The molecule has 1 amide bonds. The van der Waals surface area contributed by atoms with Crippen LogP contribution in [-0.2, 0) is 4.74 Å². The van der Waals surface area contributed by atoms with Gasteiger partial charge in [-0.25, -0.2) is 0 Å². The second-order valence-electron chi connectivity index (χ2n) is 7.02. The highest BCUT2D eigenvalue weighted by Gasteiger charge is 2.33. The van der Waals surface area contributed by atoms with Gasteiger partial charge in [-0.05, 0) is 57.4 Å². The van der Waals surface area contributed by atoms with Crippen molar-refractivity contribution in [3.05, 3.63) is 41.5 Å². The molecule has 1 aromatic carbocycles. The minimum atomic E-state index is -0.398. The summed E-state index contributed by atoms with van der Waals surface area (Å²) >= 11 is 0. The maximum atomic E-state index is 12.9. The van der Waals surface area contributed by atoms with Crippen LogP contribution in [0.4, 0.5) is 0 Å². The summed E-state index contributed by atoms with van der Waals surface area (Å²) in [6.07, 6.45) is 3.29. The van der Waals surface area contributed by atoms with Crippen LogP contribution in [0.5, 0.6) is 5.75 Å². The second kappa shape index (κ2) is 7.07. The van der Waals surface area contributed by atoms with Crippen molar-refractivity contribution < 1.29 is 18.8 Å². The summed E-state index contributed by atoms with van der Waals surface area (Å²) in [5.74, 6) is 1.76. The zero-order valence-electron chi connectivity index (χ0n) is 15.1. The fraction of sp³-hybridized carbons (Fsp3) is 0.526. The molecule has 0 N–H and O–H groups in total. The van der Waals surface area contributed by atoms with E-state index in [9.17, 15) is 4.79 Å². The summed E-state index contributed by atoms with van der Waals surface area (Å²) in [6.45, 7) is 4.62. The van der Waals surface area contributed by atoms with Gasteiger partial charge in [0, 0.05) is 12.1 Å². The molecule has 1 saturated heterocycles. The molecule has 26 heavy (non-hydrogen) atoms. The van der Waals surface area contributed by atoms with Gasteiger partial charge >= 0.3 is 0 Å². The Hall–Kier alpha value is -2.41. The van der Waals surface area contributed by atoms with Gasteiger partial charge in [-0.2, -0.15) is 4.98 Å². The number of morpholine rings is 1. The van der Waals surface area contributed by atoms with Crippen molar-refractivity contribution in [1.82, 2.24) is 15.0 Å². The number of nitrogens with zero attached hydrogens (tertiary/aromatic N) is 3. The molecule has 1 aromatic heterocycles. The van der Waals surface area contributed by atoms with Crippen LogP contribution < -0.4 is 4.74 Å². The molecule has 7 heteroatoms. The van der Waals surface area contributed by atoms with E-state index in [0.717, 1.165) is 18.6 Å². The normalized spacial score (nSPS) is 23.5. The van der Waals surface area contributed by atoms with Crippen LogP contribution in [0.25, 0.3) is 0 Å². The third kappa shape index (κ3) is 3.58. The third-order valence-electron chi connectivity index (χ3n) is 4.82. The lowest BCUT2D eigenvalue weighted by Gasteiger charge is -2.35. The summed E-state index contributed by atoms with van der Waals surface area (Å²) in [4.78, 5) is 18.9. The van der Waals surface area contributed by atoms with Crippen molar-refractivity contribution in [2.75, 3.05) is 13.1 Å². The highest BCUT2D eigenvalue weighted by molar-refractivity contribution is 5.94. The highest BCUT2D eigenvalue weighted by Crippen LogP contribution is 2.27. The Kier molecular flexibility index (Phi) is 4.63. The largest absolute Gasteiger partial charge is 0.490 e. The molecule has 7 nitrogen and oxygen atoms in total. The van der Waals surface area contributed by atoms with Gasteiger partial charge in [0.1, 0.15) is 5.75 Å². The summed E-state index contributed by atoms with van der Waals surface area (Å²) in [5, 5.41) is 3.81. The number of ether oxygens (including phenoxy) is 2. The number of carbonyl (C=O) groups is 1. The van der Waals surface area contributed by atoms with E-state index in [0.29, 0.717) is 36.5 Å². The van der Waals surface area contributed by atoms with Crippen molar-refractivity contribution in [3.63, 3.8) is 0 Å². The molecule has 0 spiro atoms. The molecule has 0 unspecified atom stereocenters. The number of rotatable bonds is 4. The molecule has 2 heterocycles. The lowest BCUT2D eigenvalue weighted by Crippen LogP contribution is -2.46.